The summed E-state index contributed by atoms with van der Waals surface area (Å²) in [4.78, 5) is 17.5. The first-order valence-electron chi connectivity index (χ1n) is 13.4. The quantitative estimate of drug-likeness (QED) is 0.0840. The Labute approximate surface area is 270 Å². The molecule has 0 aromatic carbocycles. The average Bonchev–Trinajstić information content (AvgIpc) is 3.00. The molecule has 2 aromatic heterocycles. The van der Waals surface area contributed by atoms with Crippen LogP contribution in [0.5, 0.6) is 5.75 Å². The number of rotatable bonds is 14. The van der Waals surface area contributed by atoms with Crippen molar-refractivity contribution in [1.29, 1.82) is 0 Å². The lowest BCUT2D eigenvalue weighted by atomic mass is 10.00. The van der Waals surface area contributed by atoms with Crippen LogP contribution in [0.3, 0.4) is 0 Å². The third-order valence-electron chi connectivity index (χ3n) is 6.06. The summed E-state index contributed by atoms with van der Waals surface area (Å²) < 4.78 is 137. The Morgan fingerprint density at radius 1 is 0.979 bits per heavy atom. The van der Waals surface area contributed by atoms with Gasteiger partial charge in [-0.1, -0.05) is 48.1 Å². The van der Waals surface area contributed by atoms with E-state index >= 15 is 0 Å². The fourth-order valence-corrected chi connectivity index (χ4v) is 6.44. The van der Waals surface area contributed by atoms with Crippen molar-refractivity contribution in [2.75, 3.05) is 13.2 Å². The van der Waals surface area contributed by atoms with Gasteiger partial charge in [0.2, 0.25) is 0 Å². The molecular formula is C29H26F10N4O2S2. The molecule has 3 heterocycles. The summed E-state index contributed by atoms with van der Waals surface area (Å²) in [5.74, 6) is -10.9. The summed E-state index contributed by atoms with van der Waals surface area (Å²) >= 11 is 0. The fraction of sp³-hybridized carbons (Fsp3) is 0.379. The maximum atomic E-state index is 13.4. The summed E-state index contributed by atoms with van der Waals surface area (Å²) in [6.45, 7) is 3.55. The minimum absolute atomic E-state index is 0.104. The lowest BCUT2D eigenvalue weighted by Gasteiger charge is -2.25. The normalized spacial score (nSPS) is 18.0. The van der Waals surface area contributed by atoms with E-state index in [0.29, 0.717) is 16.3 Å². The molecule has 0 spiro atoms. The van der Waals surface area contributed by atoms with E-state index in [-0.39, 0.29) is 40.5 Å². The minimum atomic E-state index is -5.78. The van der Waals surface area contributed by atoms with Gasteiger partial charge in [-0.15, -0.1) is 0 Å². The molecular weight excluding hydrogens is 690 g/mol. The van der Waals surface area contributed by atoms with Crippen LogP contribution in [0, 0.1) is 5.92 Å². The molecule has 0 saturated carbocycles. The van der Waals surface area contributed by atoms with Crippen molar-refractivity contribution in [3.63, 3.8) is 0 Å². The molecule has 1 aliphatic rings. The first-order valence-corrected chi connectivity index (χ1v) is 15.6. The Bertz CT molecular complexity index is 1510. The largest absolute Gasteiger partial charge is 0.486 e. The number of alkyl halides is 10. The Balaban J connectivity index is 1.71. The summed E-state index contributed by atoms with van der Waals surface area (Å²) in [5, 5.41) is -0.379. The predicted octanol–water partition coefficient (Wildman–Crippen LogP) is 9.53. The number of hydrogen-bond acceptors (Lipinski definition) is 8. The molecule has 256 valence electrons. The SMILES string of the molecule is C=C(N=C/C(=C\CC)OCC(F)(F)C(F)(F)F)C1=NC=CC(C)C1SSc1cccnc1-c1ccc(OCC(F)(F)C(F)(F)F)cn1. The summed E-state index contributed by atoms with van der Waals surface area (Å²) in [6, 6.07) is 5.90. The van der Waals surface area contributed by atoms with Gasteiger partial charge in [0.1, 0.15) is 17.2 Å². The van der Waals surface area contributed by atoms with Crippen LogP contribution in [0.15, 0.2) is 87.9 Å². The van der Waals surface area contributed by atoms with Crippen molar-refractivity contribution >= 4 is 33.5 Å². The minimum Gasteiger partial charge on any atom is -0.486 e. The van der Waals surface area contributed by atoms with E-state index in [1.165, 1.54) is 52.2 Å². The second kappa shape index (κ2) is 15.6. The summed E-state index contributed by atoms with van der Waals surface area (Å²) in [6.07, 6.45) is -3.21. The van der Waals surface area contributed by atoms with Crippen molar-refractivity contribution < 1.29 is 53.4 Å². The molecule has 0 N–H and O–H groups in total. The molecule has 0 bridgehead atoms. The molecule has 18 heteroatoms. The zero-order valence-corrected chi connectivity index (χ0v) is 26.1. The Morgan fingerprint density at radius 2 is 1.66 bits per heavy atom. The van der Waals surface area contributed by atoms with Crippen LogP contribution in [-0.2, 0) is 4.74 Å². The molecule has 0 saturated heterocycles. The van der Waals surface area contributed by atoms with Gasteiger partial charge >= 0.3 is 24.2 Å². The van der Waals surface area contributed by atoms with Gasteiger partial charge in [0, 0.05) is 17.3 Å². The van der Waals surface area contributed by atoms with Gasteiger partial charge in [-0.3, -0.25) is 20.0 Å². The number of nitrogens with zero attached hydrogens (tertiary/aromatic N) is 4. The monoisotopic (exact) mass is 716 g/mol. The molecule has 0 amide bonds. The standard InChI is InChI=1S/C29H26F10N4O2S2/c1-4-6-19(44-15-26(30,31)28(34,35)36)13-42-18(3)23-25(17(2)10-12-41-23)47-46-22-7-5-11-40-24(22)21-9-8-20(14-43-21)45-16-27(32,33)29(37,38)39/h5-14,17,25H,3-4,15-16H2,1-2H3/b19-6+,42-13?. The maximum absolute atomic E-state index is 13.4. The second-order valence-corrected chi connectivity index (χ2v) is 12.1. The van der Waals surface area contributed by atoms with Crippen LogP contribution in [0.4, 0.5) is 43.9 Å². The van der Waals surface area contributed by atoms with Crippen LogP contribution < -0.4 is 4.74 Å². The molecule has 47 heavy (non-hydrogen) atoms. The fourth-order valence-electron chi connectivity index (χ4n) is 3.48. The van der Waals surface area contributed by atoms with Gasteiger partial charge in [0.25, 0.3) is 0 Å². The lowest BCUT2D eigenvalue weighted by Crippen LogP contribution is -2.41. The van der Waals surface area contributed by atoms with Gasteiger partial charge in [0.05, 0.1) is 34.8 Å². The number of ether oxygens (including phenoxy) is 2. The van der Waals surface area contributed by atoms with Crippen LogP contribution in [-0.4, -0.2) is 64.6 Å². The van der Waals surface area contributed by atoms with Gasteiger partial charge in [-0.2, -0.15) is 43.9 Å². The first-order chi connectivity index (χ1) is 21.9. The van der Waals surface area contributed by atoms with E-state index in [1.807, 2.05) is 13.0 Å². The van der Waals surface area contributed by atoms with Gasteiger partial charge in [-0.05, 0) is 42.7 Å². The van der Waals surface area contributed by atoms with Crippen molar-refractivity contribution in [2.45, 2.75) is 54.6 Å². The number of aromatic nitrogens is 2. The van der Waals surface area contributed by atoms with Crippen LogP contribution in [0.1, 0.15) is 20.3 Å². The van der Waals surface area contributed by atoms with Crippen LogP contribution in [0.25, 0.3) is 11.4 Å². The highest BCUT2D eigenvalue weighted by Gasteiger charge is 2.59. The van der Waals surface area contributed by atoms with Crippen LogP contribution >= 0.6 is 21.6 Å². The van der Waals surface area contributed by atoms with Crippen molar-refractivity contribution in [1.82, 2.24) is 9.97 Å². The Kier molecular flexibility index (Phi) is 12.6. The summed E-state index contributed by atoms with van der Waals surface area (Å²) in [5.41, 5.74) is 1.14. The average molecular weight is 717 g/mol. The highest BCUT2D eigenvalue weighted by Crippen LogP contribution is 2.43. The molecule has 0 fully saturated rings. The summed E-state index contributed by atoms with van der Waals surface area (Å²) in [7, 11) is 2.59. The zero-order chi connectivity index (χ0) is 35.0. The zero-order valence-electron chi connectivity index (χ0n) is 24.5. The van der Waals surface area contributed by atoms with Gasteiger partial charge in [-0.25, -0.2) is 0 Å². The van der Waals surface area contributed by atoms with Gasteiger partial charge in [0.15, 0.2) is 13.2 Å². The van der Waals surface area contributed by atoms with Crippen molar-refractivity contribution in [3.05, 3.63) is 73.0 Å². The van der Waals surface area contributed by atoms with Crippen LogP contribution in [0.2, 0.25) is 0 Å². The van der Waals surface area contributed by atoms with E-state index in [9.17, 15) is 43.9 Å². The molecule has 0 aliphatic carbocycles. The molecule has 2 aromatic rings. The number of allylic oxidation sites excluding steroid dienone is 4. The predicted molar refractivity (Wildman–Crippen MR) is 160 cm³/mol. The maximum Gasteiger partial charge on any atom is 0.456 e. The van der Waals surface area contributed by atoms with Crippen molar-refractivity contribution in [3.8, 4) is 17.1 Å². The van der Waals surface area contributed by atoms with Crippen molar-refractivity contribution in [2.24, 2.45) is 15.9 Å². The highest BCUT2D eigenvalue weighted by atomic mass is 33.1. The van der Waals surface area contributed by atoms with E-state index < -0.39 is 37.4 Å². The van der Waals surface area contributed by atoms with E-state index in [4.69, 9.17) is 4.74 Å². The molecule has 0 radical (unpaired) electrons. The topological polar surface area (TPSA) is 69.0 Å². The van der Waals surface area contributed by atoms with E-state index in [1.54, 1.807) is 19.1 Å². The number of aliphatic imine (C=N–C) groups is 2. The smallest absolute Gasteiger partial charge is 0.456 e. The Morgan fingerprint density at radius 3 is 2.28 bits per heavy atom. The molecule has 6 nitrogen and oxygen atoms in total. The third-order valence-corrected chi connectivity index (χ3v) is 8.97. The Hall–Kier alpha value is -3.54. The van der Waals surface area contributed by atoms with E-state index in [0.717, 1.165) is 12.4 Å². The second-order valence-electron chi connectivity index (χ2n) is 9.75. The number of hydrogen-bond donors (Lipinski definition) is 0. The van der Waals surface area contributed by atoms with E-state index in [2.05, 4.69) is 31.3 Å². The molecule has 1 aliphatic heterocycles. The number of pyridine rings is 2. The molecule has 2 unspecified atom stereocenters. The highest BCUT2D eigenvalue weighted by molar-refractivity contribution is 8.77. The molecule has 3 rings (SSSR count). The third kappa shape index (κ3) is 10.2. The lowest BCUT2D eigenvalue weighted by molar-refractivity contribution is -0.293. The first kappa shape index (κ1) is 37.9. The number of halogens is 10. The molecule has 2 atom stereocenters. The van der Waals surface area contributed by atoms with Gasteiger partial charge < -0.3 is 9.47 Å².